The zero-order valence-electron chi connectivity index (χ0n) is 13.2. The van der Waals surface area contributed by atoms with E-state index in [2.05, 4.69) is 73.6 Å². The summed E-state index contributed by atoms with van der Waals surface area (Å²) in [5.41, 5.74) is 2.94. The van der Waals surface area contributed by atoms with Crippen LogP contribution in [0.2, 0.25) is 0 Å². The molecule has 0 saturated carbocycles. The summed E-state index contributed by atoms with van der Waals surface area (Å²) in [5.74, 6) is 1.02. The van der Waals surface area contributed by atoms with E-state index in [4.69, 9.17) is 4.74 Å². The molecule has 1 aromatic carbocycles. The molecule has 0 unspecified atom stereocenters. The van der Waals surface area contributed by atoms with E-state index in [1.165, 1.54) is 11.1 Å². The lowest BCUT2D eigenvalue weighted by Gasteiger charge is -2.28. The first kappa shape index (κ1) is 15.1. The first-order chi connectivity index (χ1) is 8.01. The summed E-state index contributed by atoms with van der Waals surface area (Å²) in [7, 11) is 0. The van der Waals surface area contributed by atoms with Crippen LogP contribution < -0.4 is 4.74 Å². The van der Waals surface area contributed by atoms with E-state index < -0.39 is 0 Å². The van der Waals surface area contributed by atoms with Crippen LogP contribution in [-0.2, 0) is 10.8 Å². The van der Waals surface area contributed by atoms with Crippen molar-refractivity contribution in [3.05, 3.63) is 29.3 Å². The van der Waals surface area contributed by atoms with Gasteiger partial charge in [0.05, 0.1) is 6.10 Å². The molecule has 0 aliphatic rings. The topological polar surface area (TPSA) is 9.23 Å². The second-order valence-electron chi connectivity index (χ2n) is 7.38. The Morgan fingerprint density at radius 2 is 1.44 bits per heavy atom. The summed E-state index contributed by atoms with van der Waals surface area (Å²) >= 11 is 0. The third-order valence-corrected chi connectivity index (χ3v) is 3.02. The number of hydrogen-bond acceptors (Lipinski definition) is 1. The number of hydrogen-bond donors (Lipinski definition) is 0. The monoisotopic (exact) mass is 248 g/mol. The predicted molar refractivity (Wildman–Crippen MR) is 79.6 cm³/mol. The maximum Gasteiger partial charge on any atom is 0.123 e. The van der Waals surface area contributed by atoms with Crippen LogP contribution in [0.4, 0.5) is 0 Å². The van der Waals surface area contributed by atoms with Crippen molar-refractivity contribution in [2.75, 3.05) is 0 Å². The van der Waals surface area contributed by atoms with Crippen LogP contribution in [0.5, 0.6) is 5.75 Å². The molecule has 0 bridgehead atoms. The molecule has 1 nitrogen and oxygen atoms in total. The van der Waals surface area contributed by atoms with Crippen LogP contribution in [0.25, 0.3) is 0 Å². The molecule has 0 heterocycles. The first-order valence-corrected chi connectivity index (χ1v) is 6.83. The smallest absolute Gasteiger partial charge is 0.123 e. The number of rotatable bonds is 2. The van der Waals surface area contributed by atoms with Gasteiger partial charge in [0.15, 0.2) is 0 Å². The lowest BCUT2D eigenvalue weighted by molar-refractivity contribution is 0.236. The number of ether oxygens (including phenoxy) is 1. The molecular weight excluding hydrogens is 220 g/mol. The summed E-state index contributed by atoms with van der Waals surface area (Å²) in [4.78, 5) is 0. The van der Waals surface area contributed by atoms with Gasteiger partial charge in [-0.25, -0.2) is 0 Å². The van der Waals surface area contributed by atoms with Gasteiger partial charge in [-0.3, -0.25) is 0 Å². The lowest BCUT2D eigenvalue weighted by Crippen LogP contribution is -2.19. The Morgan fingerprint density at radius 1 is 0.889 bits per heavy atom. The van der Waals surface area contributed by atoms with Crippen molar-refractivity contribution in [3.63, 3.8) is 0 Å². The average Bonchev–Trinajstić information content (AvgIpc) is 2.13. The van der Waals surface area contributed by atoms with E-state index in [0.29, 0.717) is 0 Å². The van der Waals surface area contributed by atoms with E-state index in [0.717, 1.165) is 5.75 Å². The highest BCUT2D eigenvalue weighted by atomic mass is 16.5. The van der Waals surface area contributed by atoms with Gasteiger partial charge in [-0.1, -0.05) is 53.7 Å². The SMILES string of the molecule is CC(C)Oc1ccc(C(C)(C)C)cc1C(C)(C)C. The van der Waals surface area contributed by atoms with Crippen molar-refractivity contribution in [1.82, 2.24) is 0 Å². The number of benzene rings is 1. The van der Waals surface area contributed by atoms with E-state index in [-0.39, 0.29) is 16.9 Å². The molecule has 0 aliphatic carbocycles. The van der Waals surface area contributed by atoms with Crippen molar-refractivity contribution in [2.24, 2.45) is 0 Å². The zero-order chi connectivity index (χ0) is 14.1. The van der Waals surface area contributed by atoms with Gasteiger partial charge in [0.1, 0.15) is 5.75 Å². The highest BCUT2D eigenvalue weighted by molar-refractivity contribution is 5.43. The molecule has 0 saturated heterocycles. The van der Waals surface area contributed by atoms with Crippen LogP contribution in [-0.4, -0.2) is 6.10 Å². The van der Waals surface area contributed by atoms with Crippen molar-refractivity contribution >= 4 is 0 Å². The van der Waals surface area contributed by atoms with Crippen LogP contribution in [0.15, 0.2) is 18.2 Å². The van der Waals surface area contributed by atoms with Gasteiger partial charge in [0.25, 0.3) is 0 Å². The van der Waals surface area contributed by atoms with Gasteiger partial charge in [-0.15, -0.1) is 0 Å². The van der Waals surface area contributed by atoms with Gasteiger partial charge < -0.3 is 4.74 Å². The van der Waals surface area contributed by atoms with Gasteiger partial charge in [-0.2, -0.15) is 0 Å². The molecule has 102 valence electrons. The molecule has 0 N–H and O–H groups in total. The molecule has 0 aromatic heterocycles. The fourth-order valence-corrected chi connectivity index (χ4v) is 1.94. The van der Waals surface area contributed by atoms with Gasteiger partial charge in [0, 0.05) is 0 Å². The van der Waals surface area contributed by atoms with Crippen molar-refractivity contribution in [3.8, 4) is 5.75 Å². The fraction of sp³-hybridized carbons (Fsp3) is 0.647. The van der Waals surface area contributed by atoms with E-state index >= 15 is 0 Å². The Morgan fingerprint density at radius 3 is 1.83 bits per heavy atom. The molecule has 0 amide bonds. The maximum atomic E-state index is 5.94. The molecule has 0 fully saturated rings. The molecule has 1 aromatic rings. The summed E-state index contributed by atoms with van der Waals surface area (Å²) < 4.78 is 5.94. The van der Waals surface area contributed by atoms with Crippen molar-refractivity contribution in [1.29, 1.82) is 0 Å². The molecule has 0 radical (unpaired) electrons. The van der Waals surface area contributed by atoms with Crippen molar-refractivity contribution < 1.29 is 4.74 Å². The average molecular weight is 248 g/mol. The highest BCUT2D eigenvalue weighted by Crippen LogP contribution is 2.35. The minimum Gasteiger partial charge on any atom is -0.491 e. The fourth-order valence-electron chi connectivity index (χ4n) is 1.94. The Balaban J connectivity index is 3.30. The summed E-state index contributed by atoms with van der Waals surface area (Å²) in [5, 5.41) is 0. The largest absolute Gasteiger partial charge is 0.491 e. The quantitative estimate of drug-likeness (QED) is 0.710. The minimum absolute atomic E-state index is 0.103. The van der Waals surface area contributed by atoms with E-state index in [1.807, 2.05) is 0 Å². The Hall–Kier alpha value is -0.980. The maximum absolute atomic E-state index is 5.94. The molecule has 0 atom stereocenters. The van der Waals surface area contributed by atoms with Crippen LogP contribution >= 0.6 is 0 Å². The Bertz CT molecular complexity index is 403. The molecule has 1 rings (SSSR count). The second kappa shape index (κ2) is 4.95. The van der Waals surface area contributed by atoms with Crippen LogP contribution in [0.1, 0.15) is 66.5 Å². The molecular formula is C17H28O. The summed E-state index contributed by atoms with van der Waals surface area (Å²) in [6, 6.07) is 6.62. The van der Waals surface area contributed by atoms with E-state index in [9.17, 15) is 0 Å². The molecule has 18 heavy (non-hydrogen) atoms. The standard InChI is InChI=1S/C17H28O/c1-12(2)18-15-10-9-13(16(3,4)5)11-14(15)17(6,7)8/h9-12H,1-8H3. The third-order valence-electron chi connectivity index (χ3n) is 3.02. The molecule has 1 heteroatoms. The minimum atomic E-state index is 0.103. The predicted octanol–water partition coefficient (Wildman–Crippen LogP) is 5.07. The Labute approximate surface area is 113 Å². The molecule has 0 aliphatic heterocycles. The third kappa shape index (κ3) is 3.76. The van der Waals surface area contributed by atoms with Gasteiger partial charge in [-0.05, 0) is 41.9 Å². The second-order valence-corrected chi connectivity index (χ2v) is 7.38. The zero-order valence-corrected chi connectivity index (χ0v) is 13.2. The lowest BCUT2D eigenvalue weighted by atomic mass is 9.80. The van der Waals surface area contributed by atoms with Crippen LogP contribution in [0.3, 0.4) is 0 Å². The van der Waals surface area contributed by atoms with Gasteiger partial charge in [0.2, 0.25) is 0 Å². The van der Waals surface area contributed by atoms with Crippen LogP contribution in [0, 0.1) is 0 Å². The first-order valence-electron chi connectivity index (χ1n) is 6.83. The highest BCUT2D eigenvalue weighted by Gasteiger charge is 2.23. The molecule has 0 spiro atoms. The summed E-state index contributed by atoms with van der Waals surface area (Å²) in [6.45, 7) is 17.6. The normalized spacial score (nSPS) is 12.9. The van der Waals surface area contributed by atoms with Gasteiger partial charge >= 0.3 is 0 Å². The van der Waals surface area contributed by atoms with Crippen molar-refractivity contribution in [2.45, 2.75) is 72.3 Å². The Kier molecular flexibility index (Phi) is 4.15. The van der Waals surface area contributed by atoms with E-state index in [1.54, 1.807) is 0 Å². The summed E-state index contributed by atoms with van der Waals surface area (Å²) in [6.07, 6.45) is 0.214.